The summed E-state index contributed by atoms with van der Waals surface area (Å²) in [5, 5.41) is 3.33. The molecule has 2 aromatic rings. The fourth-order valence-corrected chi connectivity index (χ4v) is 3.10. The van der Waals surface area contributed by atoms with Gasteiger partial charge in [-0.3, -0.25) is 14.5 Å². The number of hydrogen-bond donors (Lipinski definition) is 1. The number of carbonyl (C=O) groups excluding carboxylic acids is 3. The maximum atomic E-state index is 12.9. The Morgan fingerprint density at radius 2 is 1.79 bits per heavy atom. The minimum Gasteiger partial charge on any atom is -0.479 e. The van der Waals surface area contributed by atoms with E-state index in [1.54, 1.807) is 62.4 Å². The minimum absolute atomic E-state index is 0.324. The Kier molecular flexibility index (Phi) is 5.79. The van der Waals surface area contributed by atoms with Gasteiger partial charge in [-0.15, -0.1) is 0 Å². The van der Waals surface area contributed by atoms with Crippen LogP contribution in [0.25, 0.3) is 0 Å². The van der Waals surface area contributed by atoms with Crippen molar-refractivity contribution in [3.8, 4) is 5.75 Å². The highest BCUT2D eigenvalue weighted by Crippen LogP contribution is 2.36. The summed E-state index contributed by atoms with van der Waals surface area (Å²) in [6.07, 6.45) is -0.922. The number of esters is 1. The number of benzene rings is 2. The first-order valence-electron chi connectivity index (χ1n) is 9.02. The van der Waals surface area contributed by atoms with Crippen LogP contribution in [0, 0.1) is 0 Å². The molecule has 0 spiro atoms. The third-order valence-electron chi connectivity index (χ3n) is 4.55. The van der Waals surface area contributed by atoms with Gasteiger partial charge in [-0.05, 0) is 57.2 Å². The fourth-order valence-electron chi connectivity index (χ4n) is 2.98. The average molecular weight is 417 g/mol. The van der Waals surface area contributed by atoms with E-state index in [2.05, 4.69) is 5.32 Å². The summed E-state index contributed by atoms with van der Waals surface area (Å²) >= 11 is 5.82. The molecule has 1 aliphatic heterocycles. The zero-order chi connectivity index (χ0) is 21.2. The predicted molar refractivity (Wildman–Crippen MR) is 109 cm³/mol. The van der Waals surface area contributed by atoms with Gasteiger partial charge in [-0.25, -0.2) is 4.79 Å². The lowest BCUT2D eigenvalue weighted by molar-refractivity contribution is -0.154. The molecule has 1 N–H and O–H groups in total. The van der Waals surface area contributed by atoms with Crippen molar-refractivity contribution < 1.29 is 23.9 Å². The fraction of sp³-hybridized carbons (Fsp3) is 0.286. The number of fused-ring (bicyclic) bond motifs is 1. The summed E-state index contributed by atoms with van der Waals surface area (Å²) in [5.74, 6) is -1.08. The van der Waals surface area contributed by atoms with Crippen LogP contribution in [0.5, 0.6) is 5.75 Å². The summed E-state index contributed by atoms with van der Waals surface area (Å²) in [5.41, 5.74) is -0.0666. The second-order valence-electron chi connectivity index (χ2n) is 7.08. The van der Waals surface area contributed by atoms with E-state index in [4.69, 9.17) is 21.1 Å². The Hall–Kier alpha value is -3.06. The normalized spacial score (nSPS) is 15.7. The highest BCUT2D eigenvalue weighted by molar-refractivity contribution is 6.30. The van der Waals surface area contributed by atoms with Crippen molar-refractivity contribution in [3.63, 3.8) is 0 Å². The molecule has 0 fully saturated rings. The van der Waals surface area contributed by atoms with E-state index in [1.165, 1.54) is 11.8 Å². The van der Waals surface area contributed by atoms with Gasteiger partial charge in [0.1, 0.15) is 11.3 Å². The molecule has 0 bridgehead atoms. The number of amides is 2. The van der Waals surface area contributed by atoms with Crippen LogP contribution >= 0.6 is 11.6 Å². The number of carbonyl (C=O) groups is 3. The number of halogens is 1. The van der Waals surface area contributed by atoms with Crippen molar-refractivity contribution in [1.29, 1.82) is 0 Å². The number of ether oxygens (including phenoxy) is 2. The second kappa shape index (κ2) is 8.13. The summed E-state index contributed by atoms with van der Waals surface area (Å²) < 4.78 is 10.6. The minimum atomic E-state index is -1.14. The lowest BCUT2D eigenvalue weighted by atomic mass is 9.96. The zero-order valence-corrected chi connectivity index (χ0v) is 17.0. The Morgan fingerprint density at radius 1 is 1.14 bits per heavy atom. The largest absolute Gasteiger partial charge is 0.479 e. The monoisotopic (exact) mass is 416 g/mol. The van der Waals surface area contributed by atoms with Crippen LogP contribution in [0.3, 0.4) is 0 Å². The van der Waals surface area contributed by atoms with Gasteiger partial charge in [0.05, 0.1) is 11.4 Å². The average Bonchev–Trinajstić information content (AvgIpc) is 2.68. The van der Waals surface area contributed by atoms with E-state index in [-0.39, 0.29) is 5.91 Å². The Morgan fingerprint density at radius 3 is 2.48 bits per heavy atom. The second-order valence-corrected chi connectivity index (χ2v) is 7.52. The van der Waals surface area contributed by atoms with Crippen molar-refractivity contribution in [2.75, 3.05) is 16.8 Å². The van der Waals surface area contributed by atoms with Crippen LogP contribution in [0.15, 0.2) is 48.5 Å². The quantitative estimate of drug-likeness (QED) is 0.755. The molecule has 2 amide bonds. The zero-order valence-electron chi connectivity index (χ0n) is 16.3. The van der Waals surface area contributed by atoms with Crippen molar-refractivity contribution in [2.45, 2.75) is 32.4 Å². The summed E-state index contributed by atoms with van der Waals surface area (Å²) in [7, 11) is 0. The number of hydrogen-bond acceptors (Lipinski definition) is 5. The maximum Gasteiger partial charge on any atom is 0.347 e. The van der Waals surface area contributed by atoms with Gasteiger partial charge in [-0.1, -0.05) is 23.7 Å². The van der Waals surface area contributed by atoms with Gasteiger partial charge in [0.25, 0.3) is 5.91 Å². The molecule has 0 saturated carbocycles. The van der Waals surface area contributed by atoms with Gasteiger partial charge in [0.2, 0.25) is 5.91 Å². The molecule has 152 valence electrons. The lowest BCUT2D eigenvalue weighted by Gasteiger charge is -2.41. The standard InChI is InChI=1S/C21H21ClN2O5/c1-13(29-15-10-8-14(22)9-11-15)19(26)28-12-18(25)24-17-7-5-4-6-16(17)23-20(27)21(24,2)3/h4-11,13H,12H2,1-3H3,(H,23,27)/t13-/m1/s1. The number of nitrogens with zero attached hydrogens (tertiary/aromatic N) is 1. The highest BCUT2D eigenvalue weighted by atomic mass is 35.5. The number of anilines is 2. The molecule has 3 rings (SSSR count). The van der Waals surface area contributed by atoms with Crippen LogP contribution in [0.2, 0.25) is 5.02 Å². The van der Waals surface area contributed by atoms with E-state index < -0.39 is 30.1 Å². The van der Waals surface area contributed by atoms with Crippen LogP contribution in [0.4, 0.5) is 11.4 Å². The van der Waals surface area contributed by atoms with E-state index in [0.717, 1.165) is 0 Å². The Balaban J connectivity index is 1.67. The van der Waals surface area contributed by atoms with Crippen LogP contribution in [-0.4, -0.2) is 36.0 Å². The number of nitrogens with one attached hydrogen (secondary N) is 1. The molecular weight excluding hydrogens is 396 g/mol. The summed E-state index contributed by atoms with van der Waals surface area (Å²) in [6, 6.07) is 13.5. The third-order valence-corrected chi connectivity index (χ3v) is 4.81. The predicted octanol–water partition coefficient (Wildman–Crippen LogP) is 3.41. The summed E-state index contributed by atoms with van der Waals surface area (Å²) in [4.78, 5) is 38.9. The van der Waals surface area contributed by atoms with Gasteiger partial charge < -0.3 is 14.8 Å². The number of rotatable bonds is 5. The van der Waals surface area contributed by atoms with Crippen LogP contribution < -0.4 is 15.0 Å². The van der Waals surface area contributed by atoms with Gasteiger partial charge in [-0.2, -0.15) is 0 Å². The topological polar surface area (TPSA) is 84.9 Å². The lowest BCUT2D eigenvalue weighted by Crippen LogP contribution is -2.59. The molecule has 0 aromatic heterocycles. The SMILES string of the molecule is C[C@@H](Oc1ccc(Cl)cc1)C(=O)OCC(=O)N1c2ccccc2NC(=O)C1(C)C. The van der Waals surface area contributed by atoms with E-state index in [1.807, 2.05) is 0 Å². The molecule has 1 heterocycles. The molecule has 2 aromatic carbocycles. The van der Waals surface area contributed by atoms with Crippen LogP contribution in [0.1, 0.15) is 20.8 Å². The Bertz CT molecular complexity index is 942. The highest BCUT2D eigenvalue weighted by Gasteiger charge is 2.43. The molecule has 0 saturated heterocycles. The van der Waals surface area contributed by atoms with Crippen molar-refractivity contribution >= 4 is 40.8 Å². The molecule has 0 unspecified atom stereocenters. The van der Waals surface area contributed by atoms with Gasteiger partial charge >= 0.3 is 5.97 Å². The third kappa shape index (κ3) is 4.35. The molecular formula is C21H21ClN2O5. The van der Waals surface area contributed by atoms with E-state index >= 15 is 0 Å². The molecule has 0 aliphatic carbocycles. The smallest absolute Gasteiger partial charge is 0.347 e. The first-order valence-corrected chi connectivity index (χ1v) is 9.40. The summed E-state index contributed by atoms with van der Waals surface area (Å²) in [6.45, 7) is 4.27. The van der Waals surface area contributed by atoms with Crippen molar-refractivity contribution in [1.82, 2.24) is 0 Å². The first-order chi connectivity index (χ1) is 13.7. The molecule has 29 heavy (non-hydrogen) atoms. The van der Waals surface area contributed by atoms with E-state index in [0.29, 0.717) is 22.1 Å². The van der Waals surface area contributed by atoms with Gasteiger partial charge in [0.15, 0.2) is 12.7 Å². The first kappa shape index (κ1) is 20.7. The van der Waals surface area contributed by atoms with Crippen molar-refractivity contribution in [2.24, 2.45) is 0 Å². The Labute approximate surface area is 173 Å². The molecule has 0 radical (unpaired) electrons. The van der Waals surface area contributed by atoms with Crippen LogP contribution in [-0.2, 0) is 19.1 Å². The molecule has 1 atom stereocenters. The number of para-hydroxylation sites is 2. The van der Waals surface area contributed by atoms with Crippen molar-refractivity contribution in [3.05, 3.63) is 53.6 Å². The molecule has 1 aliphatic rings. The van der Waals surface area contributed by atoms with E-state index in [9.17, 15) is 14.4 Å². The maximum absolute atomic E-state index is 12.9. The molecule has 7 nitrogen and oxygen atoms in total. The van der Waals surface area contributed by atoms with Gasteiger partial charge in [0, 0.05) is 5.02 Å². The molecule has 8 heteroatoms.